The molecule has 0 aliphatic heterocycles. The number of nitrogens with two attached hydrogens (primary N) is 1. The smallest absolute Gasteiger partial charge is 0.189 e. The highest BCUT2D eigenvalue weighted by atomic mass is 16.5. The Balaban J connectivity index is 2.62. The molecule has 4 nitrogen and oxygen atoms in total. The first kappa shape index (κ1) is 16.1. The van der Waals surface area contributed by atoms with Crippen molar-refractivity contribution in [1.29, 1.82) is 0 Å². The van der Waals surface area contributed by atoms with Crippen molar-refractivity contribution in [2.45, 2.75) is 27.3 Å². The van der Waals surface area contributed by atoms with Gasteiger partial charge in [-0.2, -0.15) is 0 Å². The maximum absolute atomic E-state index is 5.80. The van der Waals surface area contributed by atoms with E-state index in [0.29, 0.717) is 31.6 Å². The number of nitrogens with one attached hydrogen (secondary N) is 1. The monoisotopic (exact) mass is 275 g/mol. The quantitative estimate of drug-likeness (QED) is 0.457. The van der Waals surface area contributed by atoms with Gasteiger partial charge in [0.2, 0.25) is 0 Å². The fourth-order valence-electron chi connectivity index (χ4n) is 1.50. The van der Waals surface area contributed by atoms with E-state index in [-0.39, 0.29) is 0 Å². The minimum atomic E-state index is 0.423. The minimum Gasteiger partial charge on any atom is -0.493 e. The number of hydrogen-bond donors (Lipinski definition) is 2. The normalized spacial score (nSPS) is 11.5. The standard InChI is InChI=1S/C16H25N3O/c1-12(2)9-18-16(17)19-10-14-7-5-6-8-15(14)20-11-13(3)4/h5-8,13H,1,9-11H2,2-4H3,(H3,17,18,19). The summed E-state index contributed by atoms with van der Waals surface area (Å²) in [6, 6.07) is 7.91. The van der Waals surface area contributed by atoms with Gasteiger partial charge in [-0.3, -0.25) is 0 Å². The first-order valence-corrected chi connectivity index (χ1v) is 6.88. The third kappa shape index (κ3) is 6.27. The predicted octanol–water partition coefficient (Wildman–Crippen LogP) is 2.70. The van der Waals surface area contributed by atoms with Crippen molar-refractivity contribution in [3.63, 3.8) is 0 Å². The third-order valence-corrected chi connectivity index (χ3v) is 2.54. The lowest BCUT2D eigenvalue weighted by Gasteiger charge is -2.12. The van der Waals surface area contributed by atoms with Gasteiger partial charge < -0.3 is 15.8 Å². The van der Waals surface area contributed by atoms with Crippen LogP contribution in [-0.4, -0.2) is 19.1 Å². The maximum Gasteiger partial charge on any atom is 0.189 e. The van der Waals surface area contributed by atoms with Gasteiger partial charge in [0.05, 0.1) is 13.2 Å². The molecular weight excluding hydrogens is 250 g/mol. The van der Waals surface area contributed by atoms with E-state index in [1.807, 2.05) is 31.2 Å². The molecule has 0 amide bonds. The first-order chi connectivity index (χ1) is 9.49. The molecule has 0 bridgehead atoms. The van der Waals surface area contributed by atoms with Crippen molar-refractivity contribution in [1.82, 2.24) is 5.32 Å². The second kappa shape index (κ2) is 8.25. The highest BCUT2D eigenvalue weighted by molar-refractivity contribution is 5.78. The van der Waals surface area contributed by atoms with Crippen LogP contribution in [0.25, 0.3) is 0 Å². The summed E-state index contributed by atoms with van der Waals surface area (Å²) in [6.45, 7) is 11.8. The number of benzene rings is 1. The Kier molecular flexibility index (Phi) is 6.64. The number of para-hydroxylation sites is 1. The van der Waals surface area contributed by atoms with Crippen LogP contribution in [0.5, 0.6) is 5.75 Å². The van der Waals surface area contributed by atoms with Crippen molar-refractivity contribution in [2.24, 2.45) is 16.6 Å². The van der Waals surface area contributed by atoms with E-state index >= 15 is 0 Å². The molecule has 4 heteroatoms. The highest BCUT2D eigenvalue weighted by Crippen LogP contribution is 2.19. The number of guanidine groups is 1. The molecule has 0 fully saturated rings. The zero-order valence-electron chi connectivity index (χ0n) is 12.6. The van der Waals surface area contributed by atoms with Gasteiger partial charge in [0.15, 0.2) is 5.96 Å². The Labute approximate surface area is 121 Å². The number of ether oxygens (including phenoxy) is 1. The molecular formula is C16H25N3O. The Hall–Kier alpha value is -1.97. The third-order valence-electron chi connectivity index (χ3n) is 2.54. The SMILES string of the molecule is C=C(C)CNC(N)=NCc1ccccc1OCC(C)C. The fraction of sp³-hybridized carbons (Fsp3) is 0.438. The molecule has 0 saturated carbocycles. The predicted molar refractivity (Wildman–Crippen MR) is 84.9 cm³/mol. The lowest BCUT2D eigenvalue weighted by atomic mass is 10.2. The van der Waals surface area contributed by atoms with Gasteiger partial charge in [0.1, 0.15) is 5.75 Å². The maximum atomic E-state index is 5.80. The molecule has 0 spiro atoms. The average molecular weight is 275 g/mol. The zero-order chi connectivity index (χ0) is 15.0. The number of rotatable bonds is 7. The summed E-state index contributed by atoms with van der Waals surface area (Å²) in [4.78, 5) is 4.32. The minimum absolute atomic E-state index is 0.423. The Morgan fingerprint density at radius 3 is 2.75 bits per heavy atom. The molecule has 0 unspecified atom stereocenters. The van der Waals surface area contributed by atoms with E-state index in [9.17, 15) is 0 Å². The van der Waals surface area contributed by atoms with Gasteiger partial charge in [-0.05, 0) is 18.9 Å². The van der Waals surface area contributed by atoms with Gasteiger partial charge in [-0.25, -0.2) is 4.99 Å². The number of hydrogen-bond acceptors (Lipinski definition) is 2. The zero-order valence-corrected chi connectivity index (χ0v) is 12.6. The molecule has 1 aromatic carbocycles. The highest BCUT2D eigenvalue weighted by Gasteiger charge is 2.03. The van der Waals surface area contributed by atoms with Crippen molar-refractivity contribution < 1.29 is 4.74 Å². The summed E-state index contributed by atoms with van der Waals surface area (Å²) in [6.07, 6.45) is 0. The lowest BCUT2D eigenvalue weighted by Crippen LogP contribution is -2.32. The van der Waals surface area contributed by atoms with Crippen LogP contribution < -0.4 is 15.8 Å². The molecule has 0 saturated heterocycles. The van der Waals surface area contributed by atoms with Gasteiger partial charge >= 0.3 is 0 Å². The van der Waals surface area contributed by atoms with E-state index in [2.05, 4.69) is 30.7 Å². The van der Waals surface area contributed by atoms with Crippen LogP contribution in [0.3, 0.4) is 0 Å². The second-order valence-electron chi connectivity index (χ2n) is 5.32. The van der Waals surface area contributed by atoms with Gasteiger partial charge in [0, 0.05) is 12.1 Å². The van der Waals surface area contributed by atoms with Gasteiger partial charge in [-0.15, -0.1) is 0 Å². The van der Waals surface area contributed by atoms with Crippen LogP contribution in [-0.2, 0) is 6.54 Å². The molecule has 20 heavy (non-hydrogen) atoms. The molecule has 0 atom stereocenters. The van der Waals surface area contributed by atoms with Crippen molar-refractivity contribution in [2.75, 3.05) is 13.2 Å². The molecule has 110 valence electrons. The van der Waals surface area contributed by atoms with Crippen LogP contribution in [0.1, 0.15) is 26.3 Å². The van der Waals surface area contributed by atoms with Crippen LogP contribution >= 0.6 is 0 Å². The van der Waals surface area contributed by atoms with E-state index in [0.717, 1.165) is 16.9 Å². The van der Waals surface area contributed by atoms with Crippen molar-refractivity contribution in [3.05, 3.63) is 42.0 Å². The summed E-state index contributed by atoms with van der Waals surface area (Å²) in [5.74, 6) is 1.79. The molecule has 1 rings (SSSR count). The molecule has 0 radical (unpaired) electrons. The Morgan fingerprint density at radius 2 is 2.10 bits per heavy atom. The Bertz CT molecular complexity index is 467. The molecule has 0 heterocycles. The number of aliphatic imine (C=N–C) groups is 1. The molecule has 3 N–H and O–H groups in total. The van der Waals surface area contributed by atoms with E-state index < -0.39 is 0 Å². The summed E-state index contributed by atoms with van der Waals surface area (Å²) in [5, 5.41) is 3.01. The fourth-order valence-corrected chi connectivity index (χ4v) is 1.50. The Morgan fingerprint density at radius 1 is 1.40 bits per heavy atom. The van der Waals surface area contributed by atoms with Crippen molar-refractivity contribution in [3.8, 4) is 5.75 Å². The summed E-state index contributed by atoms with van der Waals surface area (Å²) in [7, 11) is 0. The van der Waals surface area contributed by atoms with Crippen molar-refractivity contribution >= 4 is 5.96 Å². The largest absolute Gasteiger partial charge is 0.493 e. The average Bonchev–Trinajstić information content (AvgIpc) is 2.41. The number of nitrogens with zero attached hydrogens (tertiary/aromatic N) is 1. The first-order valence-electron chi connectivity index (χ1n) is 6.88. The van der Waals surface area contributed by atoms with Crippen LogP contribution in [0.2, 0.25) is 0 Å². The van der Waals surface area contributed by atoms with E-state index in [1.54, 1.807) is 0 Å². The topological polar surface area (TPSA) is 59.6 Å². The van der Waals surface area contributed by atoms with Crippen LogP contribution in [0.4, 0.5) is 0 Å². The van der Waals surface area contributed by atoms with Crippen LogP contribution in [0.15, 0.2) is 41.4 Å². The lowest BCUT2D eigenvalue weighted by molar-refractivity contribution is 0.268. The van der Waals surface area contributed by atoms with E-state index in [1.165, 1.54) is 0 Å². The molecule has 1 aromatic rings. The molecule has 0 aromatic heterocycles. The summed E-state index contributed by atoms with van der Waals surface area (Å²) >= 11 is 0. The van der Waals surface area contributed by atoms with E-state index in [4.69, 9.17) is 10.5 Å². The summed E-state index contributed by atoms with van der Waals surface area (Å²) < 4.78 is 5.78. The molecule has 0 aliphatic carbocycles. The summed E-state index contributed by atoms with van der Waals surface area (Å²) in [5.41, 5.74) is 7.85. The van der Waals surface area contributed by atoms with Crippen LogP contribution in [0, 0.1) is 5.92 Å². The van der Waals surface area contributed by atoms with Gasteiger partial charge in [0.25, 0.3) is 0 Å². The van der Waals surface area contributed by atoms with Gasteiger partial charge in [-0.1, -0.05) is 44.2 Å². The molecule has 0 aliphatic rings. The second-order valence-corrected chi connectivity index (χ2v) is 5.32.